The van der Waals surface area contributed by atoms with Crippen molar-refractivity contribution in [1.82, 2.24) is 5.32 Å². The van der Waals surface area contributed by atoms with Gasteiger partial charge < -0.3 is 5.32 Å². The summed E-state index contributed by atoms with van der Waals surface area (Å²) in [6.07, 6.45) is 3.51. The van der Waals surface area contributed by atoms with Gasteiger partial charge in [0.05, 0.1) is 0 Å². The Bertz CT molecular complexity index is 602. The molecule has 2 aromatic rings. The highest BCUT2D eigenvalue weighted by Crippen LogP contribution is 2.27. The summed E-state index contributed by atoms with van der Waals surface area (Å²) in [5.41, 5.74) is 4.67. The molecule has 0 spiro atoms. The standard InChI is InChI=1S/C18H20FN/c1-2-13-4-3-5-14(10-13)18-9-6-16(19)11-15(18)12-20-17-7-8-17/h3-6,9-11,17,20H,2,7-8,12H2,1H3. The lowest BCUT2D eigenvalue weighted by Crippen LogP contribution is -2.16. The summed E-state index contributed by atoms with van der Waals surface area (Å²) in [7, 11) is 0. The van der Waals surface area contributed by atoms with Gasteiger partial charge in [0.25, 0.3) is 0 Å². The van der Waals surface area contributed by atoms with Crippen molar-refractivity contribution in [3.8, 4) is 11.1 Å². The maximum Gasteiger partial charge on any atom is 0.123 e. The molecule has 0 atom stereocenters. The van der Waals surface area contributed by atoms with Crippen LogP contribution in [0.3, 0.4) is 0 Å². The van der Waals surface area contributed by atoms with E-state index in [1.165, 1.54) is 24.0 Å². The Balaban J connectivity index is 1.93. The van der Waals surface area contributed by atoms with Gasteiger partial charge in [-0.25, -0.2) is 4.39 Å². The monoisotopic (exact) mass is 269 g/mol. The first-order valence-electron chi connectivity index (χ1n) is 7.37. The van der Waals surface area contributed by atoms with E-state index in [4.69, 9.17) is 0 Å². The van der Waals surface area contributed by atoms with Crippen molar-refractivity contribution in [1.29, 1.82) is 0 Å². The minimum Gasteiger partial charge on any atom is -0.310 e. The van der Waals surface area contributed by atoms with E-state index in [-0.39, 0.29) is 5.82 Å². The molecule has 20 heavy (non-hydrogen) atoms. The number of halogens is 1. The maximum atomic E-state index is 13.5. The van der Waals surface area contributed by atoms with Crippen LogP contribution in [-0.4, -0.2) is 6.04 Å². The lowest BCUT2D eigenvalue weighted by molar-refractivity contribution is 0.620. The Morgan fingerprint density at radius 3 is 2.75 bits per heavy atom. The predicted molar refractivity (Wildman–Crippen MR) is 81.1 cm³/mol. The van der Waals surface area contributed by atoms with E-state index in [0.717, 1.165) is 24.1 Å². The van der Waals surface area contributed by atoms with Crippen molar-refractivity contribution < 1.29 is 4.39 Å². The molecule has 2 heteroatoms. The van der Waals surface area contributed by atoms with E-state index in [2.05, 4.69) is 36.5 Å². The van der Waals surface area contributed by atoms with Gasteiger partial charge >= 0.3 is 0 Å². The zero-order chi connectivity index (χ0) is 13.9. The summed E-state index contributed by atoms with van der Waals surface area (Å²) in [5.74, 6) is -0.159. The van der Waals surface area contributed by atoms with Crippen LogP contribution in [-0.2, 0) is 13.0 Å². The topological polar surface area (TPSA) is 12.0 Å². The molecule has 0 aliphatic heterocycles. The van der Waals surface area contributed by atoms with Crippen LogP contribution >= 0.6 is 0 Å². The number of aryl methyl sites for hydroxylation is 1. The summed E-state index contributed by atoms with van der Waals surface area (Å²) >= 11 is 0. The van der Waals surface area contributed by atoms with Gasteiger partial charge in [0.1, 0.15) is 5.82 Å². The highest BCUT2D eigenvalue weighted by Gasteiger charge is 2.20. The first kappa shape index (κ1) is 13.3. The molecule has 104 valence electrons. The van der Waals surface area contributed by atoms with E-state index in [1.54, 1.807) is 12.1 Å². The Kier molecular flexibility index (Phi) is 3.83. The minimum atomic E-state index is -0.159. The Morgan fingerprint density at radius 2 is 2.00 bits per heavy atom. The molecule has 0 amide bonds. The van der Waals surface area contributed by atoms with Crippen molar-refractivity contribution in [3.63, 3.8) is 0 Å². The number of rotatable bonds is 5. The van der Waals surface area contributed by atoms with E-state index in [9.17, 15) is 4.39 Å². The average molecular weight is 269 g/mol. The fraction of sp³-hybridized carbons (Fsp3) is 0.333. The van der Waals surface area contributed by atoms with Gasteiger partial charge in [0.15, 0.2) is 0 Å². The van der Waals surface area contributed by atoms with Gasteiger partial charge in [0, 0.05) is 12.6 Å². The average Bonchev–Trinajstić information content (AvgIpc) is 3.29. The first-order valence-corrected chi connectivity index (χ1v) is 7.37. The highest BCUT2D eigenvalue weighted by atomic mass is 19.1. The largest absolute Gasteiger partial charge is 0.310 e. The highest BCUT2D eigenvalue weighted by molar-refractivity contribution is 5.68. The van der Waals surface area contributed by atoms with E-state index < -0.39 is 0 Å². The van der Waals surface area contributed by atoms with Crippen LogP contribution in [0.15, 0.2) is 42.5 Å². The molecule has 1 nitrogen and oxygen atoms in total. The van der Waals surface area contributed by atoms with Crippen LogP contribution in [0.2, 0.25) is 0 Å². The SMILES string of the molecule is CCc1cccc(-c2ccc(F)cc2CNC2CC2)c1. The van der Waals surface area contributed by atoms with Gasteiger partial charge in [-0.2, -0.15) is 0 Å². The van der Waals surface area contributed by atoms with Crippen LogP contribution in [0.5, 0.6) is 0 Å². The molecule has 2 aromatic carbocycles. The van der Waals surface area contributed by atoms with Gasteiger partial charge in [-0.1, -0.05) is 37.3 Å². The molecule has 3 rings (SSSR count). The lowest BCUT2D eigenvalue weighted by atomic mass is 9.97. The Labute approximate surface area is 119 Å². The summed E-state index contributed by atoms with van der Waals surface area (Å²) < 4.78 is 13.5. The first-order chi connectivity index (χ1) is 9.76. The van der Waals surface area contributed by atoms with Crippen LogP contribution in [0.25, 0.3) is 11.1 Å². The lowest BCUT2D eigenvalue weighted by Gasteiger charge is -2.12. The fourth-order valence-electron chi connectivity index (χ4n) is 2.49. The smallest absolute Gasteiger partial charge is 0.123 e. The molecule has 1 N–H and O–H groups in total. The number of benzene rings is 2. The molecule has 1 aliphatic carbocycles. The molecular weight excluding hydrogens is 249 g/mol. The minimum absolute atomic E-state index is 0.159. The van der Waals surface area contributed by atoms with Crippen molar-refractivity contribution in [2.75, 3.05) is 0 Å². The van der Waals surface area contributed by atoms with Crippen molar-refractivity contribution in [2.45, 2.75) is 38.8 Å². The third-order valence-electron chi connectivity index (χ3n) is 3.87. The second-order valence-corrected chi connectivity index (χ2v) is 5.51. The van der Waals surface area contributed by atoms with E-state index in [0.29, 0.717) is 6.04 Å². The normalized spacial score (nSPS) is 14.5. The zero-order valence-corrected chi connectivity index (χ0v) is 11.8. The molecule has 0 heterocycles. The molecule has 1 aliphatic rings. The van der Waals surface area contributed by atoms with Gasteiger partial charge in [-0.15, -0.1) is 0 Å². The van der Waals surface area contributed by atoms with Crippen LogP contribution < -0.4 is 5.32 Å². The molecule has 0 saturated heterocycles. The molecule has 0 unspecified atom stereocenters. The van der Waals surface area contributed by atoms with Crippen molar-refractivity contribution >= 4 is 0 Å². The molecule has 0 bridgehead atoms. The zero-order valence-electron chi connectivity index (χ0n) is 11.8. The fourth-order valence-corrected chi connectivity index (χ4v) is 2.49. The second-order valence-electron chi connectivity index (χ2n) is 5.51. The van der Waals surface area contributed by atoms with Crippen molar-refractivity contribution in [2.24, 2.45) is 0 Å². The molecule has 1 saturated carbocycles. The third kappa shape index (κ3) is 3.07. The third-order valence-corrected chi connectivity index (χ3v) is 3.87. The van der Waals surface area contributed by atoms with Crippen molar-refractivity contribution in [3.05, 3.63) is 59.4 Å². The summed E-state index contributed by atoms with van der Waals surface area (Å²) in [4.78, 5) is 0. The Morgan fingerprint density at radius 1 is 1.15 bits per heavy atom. The van der Waals surface area contributed by atoms with Gasteiger partial charge in [-0.05, 0) is 53.6 Å². The summed E-state index contributed by atoms with van der Waals surface area (Å²) in [6.45, 7) is 2.90. The van der Waals surface area contributed by atoms with Gasteiger partial charge in [-0.3, -0.25) is 0 Å². The second kappa shape index (κ2) is 5.76. The Hall–Kier alpha value is -1.67. The molecule has 1 fully saturated rings. The predicted octanol–water partition coefficient (Wildman–Crippen LogP) is 4.31. The quantitative estimate of drug-likeness (QED) is 0.853. The number of hydrogen-bond donors (Lipinski definition) is 1. The maximum absolute atomic E-state index is 13.5. The summed E-state index contributed by atoms with van der Waals surface area (Å²) in [6, 6.07) is 14.3. The molecule has 0 aromatic heterocycles. The van der Waals surface area contributed by atoms with Crippen LogP contribution in [0, 0.1) is 5.82 Å². The summed E-state index contributed by atoms with van der Waals surface area (Å²) in [5, 5.41) is 3.47. The number of nitrogens with one attached hydrogen (secondary N) is 1. The van der Waals surface area contributed by atoms with Crippen LogP contribution in [0.1, 0.15) is 30.9 Å². The van der Waals surface area contributed by atoms with Crippen LogP contribution in [0.4, 0.5) is 4.39 Å². The number of hydrogen-bond acceptors (Lipinski definition) is 1. The molecular formula is C18H20FN. The van der Waals surface area contributed by atoms with E-state index >= 15 is 0 Å². The van der Waals surface area contributed by atoms with E-state index in [1.807, 2.05) is 6.07 Å². The van der Waals surface area contributed by atoms with Gasteiger partial charge in [0.2, 0.25) is 0 Å². The molecule has 0 radical (unpaired) electrons.